The van der Waals surface area contributed by atoms with Crippen molar-refractivity contribution in [3.05, 3.63) is 59.7 Å². The van der Waals surface area contributed by atoms with Gasteiger partial charge < -0.3 is 19.5 Å². The number of nitrogens with zero attached hydrogens (tertiary/aromatic N) is 1. The van der Waals surface area contributed by atoms with Crippen LogP contribution in [-0.2, 0) is 9.53 Å². The quantitative estimate of drug-likeness (QED) is 0.627. The van der Waals surface area contributed by atoms with Crippen LogP contribution in [0.2, 0.25) is 0 Å². The van der Waals surface area contributed by atoms with Gasteiger partial charge in [0.05, 0.1) is 38.9 Å². The van der Waals surface area contributed by atoms with Gasteiger partial charge in [0.25, 0.3) is 0 Å². The molecule has 6 nitrogen and oxygen atoms in total. The number of amides is 1. The number of ether oxygens (including phenoxy) is 3. The Kier molecular flexibility index (Phi) is 8.74. The van der Waals surface area contributed by atoms with Gasteiger partial charge >= 0.3 is 0 Å². The van der Waals surface area contributed by atoms with Crippen molar-refractivity contribution in [2.75, 3.05) is 46.6 Å². The minimum Gasteiger partial charge on any atom is -0.493 e. The maximum Gasteiger partial charge on any atom is 0.227 e. The Morgan fingerprint density at radius 1 is 1.06 bits per heavy atom. The Bertz CT molecular complexity index is 822. The molecule has 1 amide bonds. The van der Waals surface area contributed by atoms with Gasteiger partial charge in [-0.25, -0.2) is 0 Å². The molecule has 1 aliphatic rings. The van der Waals surface area contributed by atoms with Gasteiger partial charge in [-0.3, -0.25) is 9.69 Å². The molecule has 1 heterocycles. The van der Waals surface area contributed by atoms with Crippen LogP contribution in [0.1, 0.15) is 43.4 Å². The average molecular weight is 427 g/mol. The number of hydrogen-bond donors (Lipinski definition) is 1. The molecule has 2 atom stereocenters. The highest BCUT2D eigenvalue weighted by atomic mass is 16.5. The van der Waals surface area contributed by atoms with Crippen LogP contribution in [0.15, 0.2) is 48.5 Å². The SMILES string of the molecule is CCOc1ccc([C@H](CNC(=O)[C@@H](CC)c2ccccc2)N2CCOCC2)cc1OC. The third kappa shape index (κ3) is 5.99. The number of benzene rings is 2. The Morgan fingerprint density at radius 3 is 2.45 bits per heavy atom. The second kappa shape index (κ2) is 11.7. The standard InChI is InChI=1S/C25H34N2O4/c1-4-21(19-9-7-6-8-10-19)25(28)26-18-22(27-13-15-30-16-14-27)20-11-12-23(31-5-2)24(17-20)29-3/h6-12,17,21-22H,4-5,13-16,18H2,1-3H3,(H,26,28)/t21-,22-/m0/s1. The summed E-state index contributed by atoms with van der Waals surface area (Å²) in [7, 11) is 1.65. The minimum absolute atomic E-state index is 0.0331. The first-order valence-electron chi connectivity index (χ1n) is 11.1. The van der Waals surface area contributed by atoms with E-state index in [1.54, 1.807) is 7.11 Å². The molecule has 6 heteroatoms. The zero-order valence-electron chi connectivity index (χ0n) is 18.8. The molecule has 1 aliphatic heterocycles. The van der Waals surface area contributed by atoms with Crippen molar-refractivity contribution in [1.29, 1.82) is 0 Å². The van der Waals surface area contributed by atoms with Gasteiger partial charge in [0, 0.05) is 19.6 Å². The summed E-state index contributed by atoms with van der Waals surface area (Å²) in [4.78, 5) is 15.4. The predicted molar refractivity (Wildman–Crippen MR) is 122 cm³/mol. The maximum atomic E-state index is 13.1. The summed E-state index contributed by atoms with van der Waals surface area (Å²) in [6.07, 6.45) is 0.759. The number of hydrogen-bond acceptors (Lipinski definition) is 5. The van der Waals surface area contributed by atoms with Gasteiger partial charge in [-0.2, -0.15) is 0 Å². The minimum atomic E-state index is -0.151. The van der Waals surface area contributed by atoms with E-state index in [0.29, 0.717) is 32.1 Å². The molecular formula is C25H34N2O4. The molecule has 2 aromatic carbocycles. The molecule has 0 aromatic heterocycles. The number of carbonyl (C=O) groups excluding carboxylic acids is 1. The molecule has 3 rings (SSSR count). The smallest absolute Gasteiger partial charge is 0.227 e. The van der Waals surface area contributed by atoms with E-state index in [-0.39, 0.29) is 17.9 Å². The van der Waals surface area contributed by atoms with Crippen LogP contribution in [0.4, 0.5) is 0 Å². The molecule has 1 fully saturated rings. The monoisotopic (exact) mass is 426 g/mol. The number of methoxy groups -OCH3 is 1. The molecule has 31 heavy (non-hydrogen) atoms. The van der Waals surface area contributed by atoms with Gasteiger partial charge in [0.15, 0.2) is 11.5 Å². The number of carbonyl (C=O) groups is 1. The van der Waals surface area contributed by atoms with Crippen molar-refractivity contribution in [2.24, 2.45) is 0 Å². The number of nitrogens with one attached hydrogen (secondary N) is 1. The first-order chi connectivity index (χ1) is 15.2. The van der Waals surface area contributed by atoms with E-state index in [1.165, 1.54) is 0 Å². The molecule has 0 bridgehead atoms. The summed E-state index contributed by atoms with van der Waals surface area (Å²) < 4.78 is 16.8. The zero-order valence-corrected chi connectivity index (χ0v) is 18.8. The molecular weight excluding hydrogens is 392 g/mol. The average Bonchev–Trinajstić information content (AvgIpc) is 2.82. The molecule has 0 radical (unpaired) electrons. The highest BCUT2D eigenvalue weighted by Crippen LogP contribution is 2.32. The van der Waals surface area contributed by atoms with Crippen LogP contribution < -0.4 is 14.8 Å². The Labute approximate surface area is 185 Å². The van der Waals surface area contributed by atoms with Crippen LogP contribution in [0, 0.1) is 0 Å². The topological polar surface area (TPSA) is 60.0 Å². The fraction of sp³-hybridized carbons (Fsp3) is 0.480. The van der Waals surface area contributed by atoms with E-state index < -0.39 is 0 Å². The van der Waals surface area contributed by atoms with Crippen molar-refractivity contribution in [3.8, 4) is 11.5 Å². The largest absolute Gasteiger partial charge is 0.493 e. The van der Waals surface area contributed by atoms with Gasteiger partial charge in [0.1, 0.15) is 0 Å². The Balaban J connectivity index is 1.79. The van der Waals surface area contributed by atoms with Crippen LogP contribution in [0.5, 0.6) is 11.5 Å². The summed E-state index contributed by atoms with van der Waals surface area (Å²) >= 11 is 0. The number of rotatable bonds is 10. The van der Waals surface area contributed by atoms with Crippen molar-refractivity contribution < 1.29 is 19.0 Å². The van der Waals surface area contributed by atoms with Crippen molar-refractivity contribution in [2.45, 2.75) is 32.2 Å². The highest BCUT2D eigenvalue weighted by Gasteiger charge is 2.26. The van der Waals surface area contributed by atoms with E-state index in [1.807, 2.05) is 56.3 Å². The van der Waals surface area contributed by atoms with Crippen molar-refractivity contribution >= 4 is 5.91 Å². The maximum absolute atomic E-state index is 13.1. The van der Waals surface area contributed by atoms with Crippen LogP contribution in [0.3, 0.4) is 0 Å². The lowest BCUT2D eigenvalue weighted by molar-refractivity contribution is -0.123. The van der Waals surface area contributed by atoms with Crippen molar-refractivity contribution in [3.63, 3.8) is 0 Å². The fourth-order valence-corrected chi connectivity index (χ4v) is 4.09. The molecule has 0 spiro atoms. The molecule has 0 saturated carbocycles. The van der Waals surface area contributed by atoms with Gasteiger partial charge in [-0.05, 0) is 36.6 Å². The van der Waals surface area contributed by atoms with E-state index in [4.69, 9.17) is 14.2 Å². The first-order valence-corrected chi connectivity index (χ1v) is 11.1. The van der Waals surface area contributed by atoms with E-state index in [2.05, 4.69) is 16.3 Å². The predicted octanol–water partition coefficient (Wildman–Crippen LogP) is 3.78. The lowest BCUT2D eigenvalue weighted by atomic mass is 9.95. The van der Waals surface area contributed by atoms with Crippen LogP contribution in [0.25, 0.3) is 0 Å². The Morgan fingerprint density at radius 2 is 1.81 bits per heavy atom. The van der Waals surface area contributed by atoms with E-state index in [9.17, 15) is 4.79 Å². The summed E-state index contributed by atoms with van der Waals surface area (Å²) in [6.45, 7) is 8.15. The van der Waals surface area contributed by atoms with Crippen LogP contribution in [-0.4, -0.2) is 57.4 Å². The summed E-state index contributed by atoms with van der Waals surface area (Å²) in [5.74, 6) is 1.35. The molecule has 2 aromatic rings. The molecule has 0 aliphatic carbocycles. The van der Waals surface area contributed by atoms with Crippen LogP contribution >= 0.6 is 0 Å². The lowest BCUT2D eigenvalue weighted by Gasteiger charge is -2.35. The fourth-order valence-electron chi connectivity index (χ4n) is 4.09. The van der Waals surface area contributed by atoms with Gasteiger partial charge in [-0.1, -0.05) is 43.3 Å². The lowest BCUT2D eigenvalue weighted by Crippen LogP contribution is -2.44. The first kappa shape index (κ1) is 23.1. The Hall–Kier alpha value is -2.57. The molecule has 1 saturated heterocycles. The second-order valence-electron chi connectivity index (χ2n) is 7.62. The van der Waals surface area contributed by atoms with Crippen molar-refractivity contribution in [1.82, 2.24) is 10.2 Å². The summed E-state index contributed by atoms with van der Waals surface area (Å²) in [5, 5.41) is 3.21. The van der Waals surface area contributed by atoms with Gasteiger partial charge in [0.2, 0.25) is 5.91 Å². The third-order valence-electron chi connectivity index (χ3n) is 5.76. The molecule has 0 unspecified atom stereocenters. The van der Waals surface area contributed by atoms with Gasteiger partial charge in [-0.15, -0.1) is 0 Å². The third-order valence-corrected chi connectivity index (χ3v) is 5.76. The molecule has 1 N–H and O–H groups in total. The zero-order chi connectivity index (χ0) is 22.1. The second-order valence-corrected chi connectivity index (χ2v) is 7.62. The highest BCUT2D eigenvalue weighted by molar-refractivity contribution is 5.83. The van der Waals surface area contributed by atoms with E-state index in [0.717, 1.165) is 36.4 Å². The summed E-state index contributed by atoms with van der Waals surface area (Å²) in [5.41, 5.74) is 2.14. The molecule has 168 valence electrons. The number of morpholine rings is 1. The normalized spacial score (nSPS) is 16.4. The summed E-state index contributed by atoms with van der Waals surface area (Å²) in [6, 6.07) is 16.0. The van der Waals surface area contributed by atoms with E-state index >= 15 is 0 Å².